The standard InChI is InChI=1S/2O.H2Te.Ti/h;;1H2;. The monoisotopic (exact) mass is 212 g/mol. The van der Waals surface area contributed by atoms with Crippen molar-refractivity contribution in [1.82, 2.24) is 0 Å². The minimum absolute atomic E-state index is 0. The van der Waals surface area contributed by atoms with Crippen LogP contribution < -0.4 is 0 Å². The van der Waals surface area contributed by atoms with Crippen molar-refractivity contribution < 1.29 is 25.7 Å². The second-order valence-electron chi connectivity index (χ2n) is 0.0833. The van der Waals surface area contributed by atoms with Crippen molar-refractivity contribution in [3.63, 3.8) is 0 Å². The molecule has 0 aromatic rings. The molecule has 0 aliphatic heterocycles. The predicted molar refractivity (Wildman–Crippen MR) is 9.92 cm³/mol. The molecule has 0 heterocycles. The molecule has 0 saturated heterocycles. The Labute approximate surface area is 49.3 Å². The second kappa shape index (κ2) is 8.93. The summed E-state index contributed by atoms with van der Waals surface area (Å²) >= 11 is -2.00. The number of rotatable bonds is 0. The molecule has 0 unspecified atom stereocenters. The summed E-state index contributed by atoms with van der Waals surface area (Å²) in [4.78, 5) is 0. The SMILES string of the molecule is [O]=[Ti]=[O].[TeH2]. The van der Waals surface area contributed by atoms with Crippen molar-refractivity contribution in [2.75, 3.05) is 0 Å². The Morgan fingerprint density at radius 3 is 1.25 bits per heavy atom. The molecule has 0 radical (unpaired) electrons. The van der Waals surface area contributed by atoms with E-state index < -0.39 is 19.1 Å². The van der Waals surface area contributed by atoms with Crippen molar-refractivity contribution in [3.8, 4) is 0 Å². The molecule has 0 bridgehead atoms. The Balaban J connectivity index is 0. The van der Waals surface area contributed by atoms with Crippen LogP contribution >= 0.6 is 0 Å². The maximum atomic E-state index is 8.50. The topological polar surface area (TPSA) is 34.1 Å². The summed E-state index contributed by atoms with van der Waals surface area (Å²) in [5.74, 6) is 0. The first-order valence-electron chi connectivity index (χ1n) is 0.408. The Morgan fingerprint density at radius 2 is 1.25 bits per heavy atom. The predicted octanol–water partition coefficient (Wildman–Crippen LogP) is -1.16. The van der Waals surface area contributed by atoms with Gasteiger partial charge in [0.05, 0.1) is 0 Å². The van der Waals surface area contributed by atoms with Crippen LogP contribution in [0.1, 0.15) is 0 Å². The molecular weight excluding hydrogens is 207 g/mol. The van der Waals surface area contributed by atoms with Gasteiger partial charge >= 0.3 is 49.4 Å². The zero-order chi connectivity index (χ0) is 2.71. The summed E-state index contributed by atoms with van der Waals surface area (Å²) in [6.07, 6.45) is 0. The van der Waals surface area contributed by atoms with Crippen LogP contribution in [0.3, 0.4) is 0 Å². The van der Waals surface area contributed by atoms with Gasteiger partial charge in [-0.3, -0.25) is 0 Å². The number of hydrogen-bond donors (Lipinski definition) is 0. The van der Waals surface area contributed by atoms with E-state index in [-0.39, 0.29) is 23.7 Å². The molecule has 0 amide bonds. The number of hydrogen-bond acceptors (Lipinski definition) is 2. The molecule has 0 N–H and O–H groups in total. The minimum atomic E-state index is -2.00. The van der Waals surface area contributed by atoms with Gasteiger partial charge in [-0.1, -0.05) is 0 Å². The third kappa shape index (κ3) is 11.3. The van der Waals surface area contributed by atoms with Gasteiger partial charge < -0.3 is 0 Å². The van der Waals surface area contributed by atoms with Gasteiger partial charge in [0, 0.05) is 0 Å². The fraction of sp³-hybridized carbons (Fsp3) is 0. The molecule has 0 aliphatic rings. The van der Waals surface area contributed by atoms with E-state index in [1.807, 2.05) is 0 Å². The van der Waals surface area contributed by atoms with Crippen LogP contribution in [0.25, 0.3) is 0 Å². The van der Waals surface area contributed by atoms with Gasteiger partial charge in [-0.15, -0.1) is 0 Å². The van der Waals surface area contributed by atoms with Crippen LogP contribution in [0.5, 0.6) is 0 Å². The van der Waals surface area contributed by atoms with Gasteiger partial charge in [-0.05, 0) is 0 Å². The zero-order valence-electron chi connectivity index (χ0n) is 1.82. The van der Waals surface area contributed by atoms with Crippen LogP contribution in [0.15, 0.2) is 0 Å². The molecular formula is H2O2TeTi. The quantitative estimate of drug-likeness (QED) is 0.472. The van der Waals surface area contributed by atoms with Crippen molar-refractivity contribution >= 4 is 23.7 Å². The summed E-state index contributed by atoms with van der Waals surface area (Å²) in [6.45, 7) is 0. The Bertz CT molecular complexity index is 27.0. The van der Waals surface area contributed by atoms with E-state index in [1.54, 1.807) is 0 Å². The summed E-state index contributed by atoms with van der Waals surface area (Å²) in [7, 11) is 0. The Hall–Kier alpha value is 1.10. The summed E-state index contributed by atoms with van der Waals surface area (Å²) in [6, 6.07) is 0. The zero-order valence-corrected chi connectivity index (χ0v) is 6.23. The molecule has 0 atom stereocenters. The Kier molecular flexibility index (Phi) is 19.9. The van der Waals surface area contributed by atoms with E-state index in [0.717, 1.165) is 0 Å². The van der Waals surface area contributed by atoms with Crippen LogP contribution in [-0.2, 0) is 25.7 Å². The van der Waals surface area contributed by atoms with Crippen molar-refractivity contribution in [1.29, 1.82) is 0 Å². The van der Waals surface area contributed by atoms with E-state index in [2.05, 4.69) is 0 Å². The van der Waals surface area contributed by atoms with E-state index in [9.17, 15) is 0 Å². The molecule has 0 spiro atoms. The molecule has 0 saturated carbocycles. The van der Waals surface area contributed by atoms with Crippen LogP contribution in [0.2, 0.25) is 0 Å². The van der Waals surface area contributed by atoms with Gasteiger partial charge in [-0.25, -0.2) is 0 Å². The molecule has 0 aliphatic carbocycles. The first-order chi connectivity index (χ1) is 1.41. The fourth-order valence-electron chi connectivity index (χ4n) is 0. The van der Waals surface area contributed by atoms with E-state index >= 15 is 0 Å². The molecule has 0 aromatic heterocycles. The maximum absolute atomic E-state index is 8.50. The molecule has 0 aromatic carbocycles. The van der Waals surface area contributed by atoms with Crippen molar-refractivity contribution in [3.05, 3.63) is 0 Å². The van der Waals surface area contributed by atoms with E-state index in [4.69, 9.17) is 6.65 Å². The van der Waals surface area contributed by atoms with Crippen molar-refractivity contribution in [2.45, 2.75) is 0 Å². The average molecular weight is 209 g/mol. The molecule has 4 heteroatoms. The first-order valence-corrected chi connectivity index (χ1v) is 1.68. The normalized spacial score (nSPS) is 2.00. The third-order valence-corrected chi connectivity index (χ3v) is 0. The molecule has 0 rings (SSSR count). The molecule has 24 valence electrons. The summed E-state index contributed by atoms with van der Waals surface area (Å²) in [5, 5.41) is 0. The third-order valence-electron chi connectivity index (χ3n) is 0. The van der Waals surface area contributed by atoms with E-state index in [1.165, 1.54) is 0 Å². The van der Waals surface area contributed by atoms with Crippen LogP contribution in [0, 0.1) is 0 Å². The van der Waals surface area contributed by atoms with E-state index in [0.29, 0.717) is 0 Å². The van der Waals surface area contributed by atoms with Gasteiger partial charge in [0.15, 0.2) is 0 Å². The average Bonchev–Trinajstić information content (AvgIpc) is 0.918. The summed E-state index contributed by atoms with van der Waals surface area (Å²) in [5.41, 5.74) is 0. The van der Waals surface area contributed by atoms with Crippen LogP contribution in [0.4, 0.5) is 0 Å². The molecule has 4 heavy (non-hydrogen) atoms. The second-order valence-corrected chi connectivity index (χ2v) is 0.344. The van der Waals surface area contributed by atoms with Gasteiger partial charge in [0.2, 0.25) is 0 Å². The molecule has 2 nitrogen and oxygen atoms in total. The fourth-order valence-corrected chi connectivity index (χ4v) is 0. The Morgan fingerprint density at radius 1 is 1.25 bits per heavy atom. The van der Waals surface area contributed by atoms with Gasteiger partial charge in [0.1, 0.15) is 0 Å². The first kappa shape index (κ1) is 8.92. The van der Waals surface area contributed by atoms with Gasteiger partial charge in [0.25, 0.3) is 0 Å². The summed E-state index contributed by atoms with van der Waals surface area (Å²) < 4.78 is 17.0. The van der Waals surface area contributed by atoms with Crippen LogP contribution in [-0.4, -0.2) is 23.7 Å². The van der Waals surface area contributed by atoms with Gasteiger partial charge in [-0.2, -0.15) is 0 Å². The molecule has 0 fully saturated rings. The van der Waals surface area contributed by atoms with Crippen molar-refractivity contribution in [2.24, 2.45) is 0 Å².